The van der Waals surface area contributed by atoms with Gasteiger partial charge in [0, 0.05) is 12.1 Å². The quantitative estimate of drug-likeness (QED) is 0.704. The topological polar surface area (TPSA) is 29.1 Å². The van der Waals surface area contributed by atoms with Crippen molar-refractivity contribution in [2.75, 3.05) is 5.32 Å². The number of hydrogen-bond acceptors (Lipinski definition) is 1. The summed E-state index contributed by atoms with van der Waals surface area (Å²) in [7, 11) is 0. The van der Waals surface area contributed by atoms with Crippen LogP contribution in [0.3, 0.4) is 0 Å². The van der Waals surface area contributed by atoms with Crippen LogP contribution in [0.2, 0.25) is 0 Å². The van der Waals surface area contributed by atoms with Crippen molar-refractivity contribution in [1.29, 1.82) is 0 Å². The molecule has 0 spiro atoms. The van der Waals surface area contributed by atoms with Crippen LogP contribution in [0.15, 0.2) is 43.0 Å². The zero-order valence-corrected chi connectivity index (χ0v) is 13.2. The zero-order valence-electron chi connectivity index (χ0n) is 13.2. The standard InChI is InChI=1S/C20H21NO/c1-4-13-11-17-16-10-8-7-9-14(16)12-18(17)20(15(13)5-2)21-19(22)6-3/h6-11H,3-5,12H2,1-2H3,(H,21,22). The van der Waals surface area contributed by atoms with Gasteiger partial charge in [0.1, 0.15) is 0 Å². The maximum Gasteiger partial charge on any atom is 0.247 e. The van der Waals surface area contributed by atoms with Crippen molar-refractivity contribution < 1.29 is 4.79 Å². The lowest BCUT2D eigenvalue weighted by molar-refractivity contribution is -0.111. The van der Waals surface area contributed by atoms with Gasteiger partial charge in [-0.15, -0.1) is 0 Å². The van der Waals surface area contributed by atoms with Gasteiger partial charge in [-0.3, -0.25) is 4.79 Å². The Hall–Kier alpha value is -2.35. The van der Waals surface area contributed by atoms with Crippen LogP contribution in [-0.4, -0.2) is 5.91 Å². The maximum absolute atomic E-state index is 11.9. The van der Waals surface area contributed by atoms with Crippen LogP contribution in [0.5, 0.6) is 0 Å². The van der Waals surface area contributed by atoms with E-state index in [4.69, 9.17) is 0 Å². The average Bonchev–Trinajstić information content (AvgIpc) is 2.92. The third-order valence-electron chi connectivity index (χ3n) is 4.48. The molecule has 2 heteroatoms. The molecule has 1 aliphatic carbocycles. The lowest BCUT2D eigenvalue weighted by Gasteiger charge is -2.18. The molecule has 2 nitrogen and oxygen atoms in total. The molecule has 0 heterocycles. The van der Waals surface area contributed by atoms with Gasteiger partial charge in [0.2, 0.25) is 5.91 Å². The van der Waals surface area contributed by atoms with E-state index in [9.17, 15) is 4.79 Å². The number of amides is 1. The molecule has 0 saturated carbocycles. The van der Waals surface area contributed by atoms with Gasteiger partial charge < -0.3 is 5.32 Å². The van der Waals surface area contributed by atoms with Gasteiger partial charge in [-0.05, 0) is 52.3 Å². The van der Waals surface area contributed by atoms with Crippen molar-refractivity contribution in [3.8, 4) is 11.1 Å². The number of nitrogens with one attached hydrogen (secondary N) is 1. The molecule has 0 aromatic heterocycles. The normalized spacial score (nSPS) is 11.7. The van der Waals surface area contributed by atoms with Crippen LogP contribution in [0.25, 0.3) is 11.1 Å². The van der Waals surface area contributed by atoms with Crippen molar-refractivity contribution in [3.05, 3.63) is 65.2 Å². The molecule has 0 saturated heterocycles. The van der Waals surface area contributed by atoms with Crippen LogP contribution in [0, 0.1) is 0 Å². The highest BCUT2D eigenvalue weighted by atomic mass is 16.1. The largest absolute Gasteiger partial charge is 0.322 e. The van der Waals surface area contributed by atoms with E-state index in [2.05, 4.69) is 56.1 Å². The minimum Gasteiger partial charge on any atom is -0.322 e. The van der Waals surface area contributed by atoms with E-state index in [0.717, 1.165) is 24.9 Å². The second-order valence-electron chi connectivity index (χ2n) is 5.65. The molecule has 1 N–H and O–H groups in total. The lowest BCUT2D eigenvalue weighted by atomic mass is 9.92. The first-order valence-corrected chi connectivity index (χ1v) is 7.88. The molecule has 3 rings (SSSR count). The molecular weight excluding hydrogens is 270 g/mol. The molecule has 0 bridgehead atoms. The summed E-state index contributed by atoms with van der Waals surface area (Å²) in [5, 5.41) is 3.06. The summed E-state index contributed by atoms with van der Waals surface area (Å²) in [5.74, 6) is -0.138. The monoisotopic (exact) mass is 291 g/mol. The third kappa shape index (κ3) is 2.25. The second-order valence-corrected chi connectivity index (χ2v) is 5.65. The Morgan fingerprint density at radius 2 is 2.00 bits per heavy atom. The molecule has 2 aromatic rings. The van der Waals surface area contributed by atoms with Crippen LogP contribution in [0.4, 0.5) is 5.69 Å². The van der Waals surface area contributed by atoms with Crippen molar-refractivity contribution in [3.63, 3.8) is 0 Å². The number of carbonyl (C=O) groups excluding carboxylic acids is 1. The summed E-state index contributed by atoms with van der Waals surface area (Å²) in [6, 6.07) is 10.8. The number of aryl methyl sites for hydroxylation is 1. The molecule has 22 heavy (non-hydrogen) atoms. The smallest absolute Gasteiger partial charge is 0.247 e. The Morgan fingerprint density at radius 1 is 1.23 bits per heavy atom. The minimum atomic E-state index is -0.138. The van der Waals surface area contributed by atoms with Gasteiger partial charge in [-0.25, -0.2) is 0 Å². The molecule has 0 fully saturated rings. The molecule has 0 atom stereocenters. The Labute approximate surface area is 131 Å². The summed E-state index contributed by atoms with van der Waals surface area (Å²) >= 11 is 0. The summed E-state index contributed by atoms with van der Waals surface area (Å²) in [5.41, 5.74) is 8.71. The molecule has 2 aromatic carbocycles. The maximum atomic E-state index is 11.9. The van der Waals surface area contributed by atoms with Crippen LogP contribution in [0.1, 0.15) is 36.1 Å². The first kappa shape index (κ1) is 14.6. The predicted octanol–water partition coefficient (Wildman–Crippen LogP) is 4.51. The number of fused-ring (bicyclic) bond motifs is 3. The lowest BCUT2D eigenvalue weighted by Crippen LogP contribution is -2.13. The predicted molar refractivity (Wildman–Crippen MR) is 92.3 cm³/mol. The third-order valence-corrected chi connectivity index (χ3v) is 4.48. The van der Waals surface area contributed by atoms with Gasteiger partial charge in [-0.1, -0.05) is 50.8 Å². The number of anilines is 1. The summed E-state index contributed by atoms with van der Waals surface area (Å²) < 4.78 is 0. The van der Waals surface area contributed by atoms with E-state index in [-0.39, 0.29) is 5.91 Å². The number of rotatable bonds is 4. The summed E-state index contributed by atoms with van der Waals surface area (Å²) in [6.45, 7) is 7.89. The van der Waals surface area contributed by atoms with E-state index in [1.54, 1.807) is 0 Å². The highest BCUT2D eigenvalue weighted by molar-refractivity contribution is 6.01. The fourth-order valence-electron chi connectivity index (χ4n) is 3.42. The van der Waals surface area contributed by atoms with Gasteiger partial charge in [0.05, 0.1) is 0 Å². The second kappa shape index (κ2) is 5.80. The molecule has 112 valence electrons. The van der Waals surface area contributed by atoms with Crippen molar-refractivity contribution >= 4 is 11.6 Å². The fraction of sp³-hybridized carbons (Fsp3) is 0.250. The van der Waals surface area contributed by atoms with Gasteiger partial charge in [0.25, 0.3) is 0 Å². The van der Waals surface area contributed by atoms with Gasteiger partial charge in [0.15, 0.2) is 0 Å². The highest BCUT2D eigenvalue weighted by Gasteiger charge is 2.24. The van der Waals surface area contributed by atoms with Crippen LogP contribution >= 0.6 is 0 Å². The van der Waals surface area contributed by atoms with E-state index in [1.807, 2.05) is 0 Å². The molecular formula is C20H21NO. The SMILES string of the molecule is C=CC(=O)Nc1c(CC)c(CC)cc2c1Cc1ccccc1-2. The van der Waals surface area contributed by atoms with Crippen LogP contribution < -0.4 is 5.32 Å². The average molecular weight is 291 g/mol. The van der Waals surface area contributed by atoms with Gasteiger partial charge in [-0.2, -0.15) is 0 Å². The van der Waals surface area contributed by atoms with E-state index < -0.39 is 0 Å². The Balaban J connectivity index is 2.24. The molecule has 0 unspecified atom stereocenters. The first-order chi connectivity index (χ1) is 10.7. The van der Waals surface area contributed by atoms with E-state index in [1.165, 1.54) is 39.5 Å². The molecule has 1 amide bonds. The molecule has 0 aliphatic heterocycles. The van der Waals surface area contributed by atoms with Gasteiger partial charge >= 0.3 is 0 Å². The zero-order chi connectivity index (χ0) is 15.7. The first-order valence-electron chi connectivity index (χ1n) is 7.88. The van der Waals surface area contributed by atoms with Crippen molar-refractivity contribution in [2.24, 2.45) is 0 Å². The van der Waals surface area contributed by atoms with E-state index in [0.29, 0.717) is 0 Å². The van der Waals surface area contributed by atoms with Crippen molar-refractivity contribution in [2.45, 2.75) is 33.1 Å². The summed E-state index contributed by atoms with van der Waals surface area (Å²) in [6.07, 6.45) is 4.11. The molecule has 1 aliphatic rings. The Morgan fingerprint density at radius 3 is 2.68 bits per heavy atom. The summed E-state index contributed by atoms with van der Waals surface area (Å²) in [4.78, 5) is 11.9. The Bertz CT molecular complexity index is 759. The Kier molecular flexibility index (Phi) is 3.84. The molecule has 0 radical (unpaired) electrons. The highest BCUT2D eigenvalue weighted by Crippen LogP contribution is 2.43. The number of hydrogen-bond donors (Lipinski definition) is 1. The van der Waals surface area contributed by atoms with Crippen molar-refractivity contribution in [1.82, 2.24) is 0 Å². The number of benzene rings is 2. The number of carbonyl (C=O) groups is 1. The van der Waals surface area contributed by atoms with E-state index >= 15 is 0 Å². The minimum absolute atomic E-state index is 0.138. The fourth-order valence-corrected chi connectivity index (χ4v) is 3.42. The van der Waals surface area contributed by atoms with Crippen LogP contribution in [-0.2, 0) is 24.1 Å².